The monoisotopic (exact) mass is 543 g/mol. The topological polar surface area (TPSA) is 106 Å². The second-order valence-corrected chi connectivity index (χ2v) is 9.45. The van der Waals surface area contributed by atoms with E-state index in [2.05, 4.69) is 35.8 Å². The number of nitrogens with zero attached hydrogens (tertiary/aromatic N) is 4. The Labute approximate surface area is 214 Å². The third-order valence-electron chi connectivity index (χ3n) is 4.95. The summed E-state index contributed by atoms with van der Waals surface area (Å²) in [5.41, 5.74) is 4.24. The lowest BCUT2D eigenvalue weighted by atomic mass is 9.92. The number of alkyl halides is 3. The molecule has 2 N–H and O–H groups in total. The van der Waals surface area contributed by atoms with E-state index in [9.17, 15) is 13.2 Å². The number of carboxylic acid groups (broad SMARTS) is 1. The van der Waals surface area contributed by atoms with Gasteiger partial charge in [-0.2, -0.15) is 18.3 Å². The summed E-state index contributed by atoms with van der Waals surface area (Å²) in [6, 6.07) is 9.42. The molecule has 4 aromatic rings. The van der Waals surface area contributed by atoms with E-state index < -0.39 is 12.1 Å². The number of aromatic amines is 1. The van der Waals surface area contributed by atoms with Crippen LogP contribution in [0.4, 0.5) is 13.2 Å². The number of aromatic nitrogens is 5. The molecule has 36 heavy (non-hydrogen) atoms. The summed E-state index contributed by atoms with van der Waals surface area (Å²) in [4.78, 5) is 21.6. The molecule has 3 aromatic heterocycles. The maximum atomic E-state index is 10.6. The molecule has 0 saturated heterocycles. The molecule has 3 heterocycles. The zero-order valence-electron chi connectivity index (χ0n) is 19.8. The van der Waals surface area contributed by atoms with Crippen molar-refractivity contribution in [3.05, 3.63) is 46.1 Å². The van der Waals surface area contributed by atoms with Gasteiger partial charge >= 0.3 is 12.1 Å². The largest absolute Gasteiger partial charge is 0.490 e. The van der Waals surface area contributed by atoms with Gasteiger partial charge in [-0.15, -0.1) is 0 Å². The van der Waals surface area contributed by atoms with Crippen LogP contribution in [0.3, 0.4) is 0 Å². The van der Waals surface area contributed by atoms with Gasteiger partial charge in [0.05, 0.1) is 29.0 Å². The van der Waals surface area contributed by atoms with Crippen molar-refractivity contribution < 1.29 is 27.8 Å². The first-order chi connectivity index (χ1) is 16.6. The van der Waals surface area contributed by atoms with Crippen molar-refractivity contribution in [2.75, 3.05) is 7.11 Å². The Morgan fingerprint density at radius 2 is 1.75 bits per heavy atom. The molecule has 4 rings (SSSR count). The number of ether oxygens (including phenoxy) is 1. The molecule has 13 heteroatoms. The average Bonchev–Trinajstić information content (AvgIpc) is 3.32. The predicted octanol–water partition coefficient (Wildman–Crippen LogP) is 6.27. The quantitative estimate of drug-likeness (QED) is 0.315. The average molecular weight is 544 g/mol. The van der Waals surface area contributed by atoms with Crippen LogP contribution in [0.5, 0.6) is 5.88 Å². The summed E-state index contributed by atoms with van der Waals surface area (Å²) in [6.07, 6.45) is -5.08. The number of carbonyl (C=O) groups is 1. The maximum Gasteiger partial charge on any atom is 0.490 e. The van der Waals surface area contributed by atoms with E-state index in [0.29, 0.717) is 44.2 Å². The number of H-pyrrole nitrogens is 1. The van der Waals surface area contributed by atoms with Gasteiger partial charge in [0.2, 0.25) is 5.88 Å². The first-order valence-electron chi connectivity index (χ1n) is 10.4. The minimum Gasteiger partial charge on any atom is -0.479 e. The van der Waals surface area contributed by atoms with Crippen LogP contribution in [0.1, 0.15) is 26.5 Å². The number of nitrogens with one attached hydrogen (secondary N) is 1. The van der Waals surface area contributed by atoms with Crippen molar-refractivity contribution in [3.8, 4) is 28.7 Å². The maximum absolute atomic E-state index is 10.6. The van der Waals surface area contributed by atoms with Crippen LogP contribution >= 0.6 is 23.2 Å². The van der Waals surface area contributed by atoms with Gasteiger partial charge in [-0.1, -0.05) is 62.2 Å². The molecule has 8 nitrogen and oxygen atoms in total. The number of aryl methyl sites for hydroxylation is 1. The SMILES string of the molecule is COc1nc(-c2ccccc2Cl)cc2nc(-c3c(Cl)c(C(C)(C)C)nn3C)[nH]c12.O=C(O)C(F)(F)F. The van der Waals surface area contributed by atoms with E-state index in [1.165, 1.54) is 0 Å². The number of rotatable bonds is 3. The molecule has 0 amide bonds. The summed E-state index contributed by atoms with van der Waals surface area (Å²) in [7, 11) is 3.43. The van der Waals surface area contributed by atoms with Gasteiger partial charge in [0.1, 0.15) is 11.2 Å². The van der Waals surface area contributed by atoms with E-state index in [0.717, 1.165) is 11.3 Å². The summed E-state index contributed by atoms with van der Waals surface area (Å²) in [5.74, 6) is -1.72. The number of halogens is 5. The van der Waals surface area contributed by atoms with Crippen LogP contribution in [0.15, 0.2) is 30.3 Å². The molecule has 192 valence electrons. The lowest BCUT2D eigenvalue weighted by Crippen LogP contribution is -2.21. The van der Waals surface area contributed by atoms with Gasteiger partial charge in [0.15, 0.2) is 5.82 Å². The summed E-state index contributed by atoms with van der Waals surface area (Å²) >= 11 is 13.0. The zero-order valence-corrected chi connectivity index (χ0v) is 21.3. The van der Waals surface area contributed by atoms with Crippen molar-refractivity contribution in [1.82, 2.24) is 24.7 Å². The van der Waals surface area contributed by atoms with Crippen LogP contribution in [-0.4, -0.2) is 49.1 Å². The lowest BCUT2D eigenvalue weighted by molar-refractivity contribution is -0.192. The molecule has 0 atom stereocenters. The highest BCUT2D eigenvalue weighted by atomic mass is 35.5. The minimum absolute atomic E-state index is 0.185. The highest BCUT2D eigenvalue weighted by Gasteiger charge is 2.38. The van der Waals surface area contributed by atoms with E-state index in [1.54, 1.807) is 11.8 Å². The number of hydrogen-bond acceptors (Lipinski definition) is 5. The molecule has 0 unspecified atom stereocenters. The molecule has 0 aliphatic carbocycles. The number of benzene rings is 1. The molecule has 0 aliphatic rings. The van der Waals surface area contributed by atoms with E-state index in [-0.39, 0.29) is 5.41 Å². The number of methoxy groups -OCH3 is 1. The van der Waals surface area contributed by atoms with Crippen molar-refractivity contribution in [2.45, 2.75) is 32.4 Å². The Morgan fingerprint density at radius 3 is 2.25 bits per heavy atom. The first-order valence-corrected chi connectivity index (χ1v) is 11.1. The lowest BCUT2D eigenvalue weighted by Gasteiger charge is -2.15. The van der Waals surface area contributed by atoms with E-state index >= 15 is 0 Å². The molecule has 0 radical (unpaired) electrons. The Bertz CT molecular complexity index is 1430. The van der Waals surface area contributed by atoms with Gasteiger partial charge < -0.3 is 14.8 Å². The zero-order chi connectivity index (χ0) is 27.0. The Morgan fingerprint density at radius 1 is 1.14 bits per heavy atom. The van der Waals surface area contributed by atoms with Crippen molar-refractivity contribution >= 4 is 40.2 Å². The van der Waals surface area contributed by atoms with Gasteiger partial charge in [0.25, 0.3) is 0 Å². The van der Waals surface area contributed by atoms with Crippen molar-refractivity contribution in [2.24, 2.45) is 7.05 Å². The number of pyridine rings is 1. The van der Waals surface area contributed by atoms with Crippen molar-refractivity contribution in [1.29, 1.82) is 0 Å². The number of hydrogen-bond donors (Lipinski definition) is 2. The molecule has 0 saturated carbocycles. The Kier molecular flexibility index (Phi) is 7.56. The second kappa shape index (κ2) is 9.98. The number of carboxylic acids is 1. The highest BCUT2D eigenvalue weighted by molar-refractivity contribution is 6.34. The fourth-order valence-electron chi connectivity index (χ4n) is 3.28. The third-order valence-corrected chi connectivity index (χ3v) is 5.64. The molecule has 1 aromatic carbocycles. The molecule has 0 spiro atoms. The third kappa shape index (κ3) is 5.57. The molecule has 0 bridgehead atoms. The van der Waals surface area contributed by atoms with Crippen LogP contribution in [-0.2, 0) is 17.3 Å². The van der Waals surface area contributed by atoms with Crippen molar-refractivity contribution in [3.63, 3.8) is 0 Å². The fourth-order valence-corrected chi connectivity index (χ4v) is 4.05. The molecular weight excluding hydrogens is 522 g/mol. The van der Waals surface area contributed by atoms with Gasteiger partial charge in [0, 0.05) is 23.0 Å². The molecular formula is C23H22Cl2F3N5O3. The van der Waals surface area contributed by atoms with Gasteiger partial charge in [-0.05, 0) is 12.1 Å². The molecule has 0 aliphatic heterocycles. The number of imidazole rings is 1. The Balaban J connectivity index is 0.000000454. The van der Waals surface area contributed by atoms with Crippen LogP contribution in [0, 0.1) is 0 Å². The standard InChI is InChI=1S/C21H21Cl2N5O.C2HF3O2/c1-21(2,3)18-15(23)17(28(4)27-18)19-24-14-10-13(11-8-6-7-9-12(11)22)25-20(29-5)16(14)26-19;3-2(4,5)1(6)7/h6-10H,1-5H3,(H,24,26);(H,6,7). The van der Waals surface area contributed by atoms with E-state index in [1.807, 2.05) is 37.4 Å². The van der Waals surface area contributed by atoms with Gasteiger partial charge in [-0.25, -0.2) is 14.8 Å². The second-order valence-electron chi connectivity index (χ2n) is 8.66. The van der Waals surface area contributed by atoms with E-state index in [4.69, 9.17) is 42.8 Å². The van der Waals surface area contributed by atoms with Crippen LogP contribution in [0.25, 0.3) is 33.8 Å². The van der Waals surface area contributed by atoms with Crippen LogP contribution < -0.4 is 4.74 Å². The number of fused-ring (bicyclic) bond motifs is 1. The highest BCUT2D eigenvalue weighted by Crippen LogP contribution is 2.37. The summed E-state index contributed by atoms with van der Waals surface area (Å²) in [5, 5.41) is 12.9. The summed E-state index contributed by atoms with van der Waals surface area (Å²) in [6.45, 7) is 6.23. The smallest absolute Gasteiger partial charge is 0.479 e. The minimum atomic E-state index is -5.08. The van der Waals surface area contributed by atoms with Gasteiger partial charge in [-0.3, -0.25) is 4.68 Å². The Hall–Kier alpha value is -3.31. The molecule has 0 fully saturated rings. The number of aliphatic carboxylic acids is 1. The summed E-state index contributed by atoms with van der Waals surface area (Å²) < 4.78 is 39.0. The normalized spacial score (nSPS) is 11.8. The fraction of sp³-hybridized carbons (Fsp3) is 0.304. The first kappa shape index (κ1) is 27.3. The van der Waals surface area contributed by atoms with Crippen LogP contribution in [0.2, 0.25) is 10.0 Å². The predicted molar refractivity (Wildman–Crippen MR) is 130 cm³/mol.